The van der Waals surface area contributed by atoms with E-state index in [1.165, 1.54) is 0 Å². The summed E-state index contributed by atoms with van der Waals surface area (Å²) in [6.45, 7) is 8.77. The van der Waals surface area contributed by atoms with Crippen LogP contribution in [-0.2, 0) is 29.7 Å². The van der Waals surface area contributed by atoms with Crippen molar-refractivity contribution in [2.45, 2.75) is 33.1 Å². The van der Waals surface area contributed by atoms with Crippen molar-refractivity contribution >= 4 is 12.1 Å². The van der Waals surface area contributed by atoms with Gasteiger partial charge in [0.15, 0.2) is 0 Å². The smallest absolute Gasteiger partial charge is 0.430 e. The molecule has 7 nitrogen and oxygen atoms in total. The molecular weight excluding hydrogens is 304 g/mol. The molecule has 0 fully saturated rings. The summed E-state index contributed by atoms with van der Waals surface area (Å²) in [5, 5.41) is 4.10. The minimum atomic E-state index is -1.12. The SMILES string of the molecule is CCOCCOC(=O)OOOC(=O)c1ccc(C(C)(C)C)cc1. The fourth-order valence-electron chi connectivity index (χ4n) is 1.58. The Hall–Kier alpha value is -2.12. The number of benzene rings is 1. The Labute approximate surface area is 135 Å². The zero-order valence-corrected chi connectivity index (χ0v) is 13.8. The van der Waals surface area contributed by atoms with Gasteiger partial charge in [-0.05, 0) is 30.0 Å². The largest absolute Gasteiger partial charge is 0.543 e. The second-order valence-electron chi connectivity index (χ2n) is 5.64. The van der Waals surface area contributed by atoms with Crippen molar-refractivity contribution in [3.8, 4) is 0 Å². The van der Waals surface area contributed by atoms with E-state index in [0.717, 1.165) is 5.56 Å². The highest BCUT2D eigenvalue weighted by molar-refractivity contribution is 5.88. The Bertz CT molecular complexity index is 502. The maximum absolute atomic E-state index is 11.7. The van der Waals surface area contributed by atoms with Crippen molar-refractivity contribution in [3.63, 3.8) is 0 Å². The molecule has 0 unspecified atom stereocenters. The Balaban J connectivity index is 2.32. The molecule has 0 aliphatic rings. The highest BCUT2D eigenvalue weighted by Gasteiger charge is 2.16. The number of hydrogen-bond donors (Lipinski definition) is 0. The molecule has 0 saturated carbocycles. The van der Waals surface area contributed by atoms with Gasteiger partial charge in [-0.2, -0.15) is 0 Å². The molecule has 0 saturated heterocycles. The molecule has 0 bridgehead atoms. The van der Waals surface area contributed by atoms with E-state index in [1.807, 2.05) is 19.1 Å². The number of hydrogen-bond acceptors (Lipinski definition) is 7. The molecular formula is C16H22O7. The molecule has 23 heavy (non-hydrogen) atoms. The summed E-state index contributed by atoms with van der Waals surface area (Å²) in [5.74, 6) is -0.785. The molecule has 0 radical (unpaired) electrons. The van der Waals surface area contributed by atoms with Crippen molar-refractivity contribution in [2.24, 2.45) is 0 Å². The first kappa shape index (κ1) is 18.9. The van der Waals surface area contributed by atoms with E-state index in [4.69, 9.17) is 4.74 Å². The first-order valence-corrected chi connectivity index (χ1v) is 7.25. The minimum absolute atomic E-state index is 0.0121. The van der Waals surface area contributed by atoms with Gasteiger partial charge in [0, 0.05) is 6.61 Å². The average molecular weight is 326 g/mol. The zero-order chi connectivity index (χ0) is 17.3. The van der Waals surface area contributed by atoms with Crippen molar-refractivity contribution in [1.29, 1.82) is 0 Å². The predicted octanol–water partition coefficient (Wildman–Crippen LogP) is 3.18. The third kappa shape index (κ3) is 7.12. The molecule has 0 aliphatic heterocycles. The molecule has 0 aromatic heterocycles. The molecule has 0 atom stereocenters. The summed E-state index contributed by atoms with van der Waals surface area (Å²) in [4.78, 5) is 31.2. The van der Waals surface area contributed by atoms with Crippen LogP contribution in [0.2, 0.25) is 0 Å². The van der Waals surface area contributed by atoms with Crippen LogP contribution in [0.1, 0.15) is 43.6 Å². The zero-order valence-electron chi connectivity index (χ0n) is 13.8. The maximum Gasteiger partial charge on any atom is 0.543 e. The second kappa shape index (κ2) is 9.12. The van der Waals surface area contributed by atoms with E-state index in [2.05, 4.69) is 40.3 Å². The van der Waals surface area contributed by atoms with Crippen LogP contribution < -0.4 is 0 Å². The monoisotopic (exact) mass is 326 g/mol. The minimum Gasteiger partial charge on any atom is -0.430 e. The van der Waals surface area contributed by atoms with Gasteiger partial charge in [0.25, 0.3) is 0 Å². The van der Waals surface area contributed by atoms with E-state index in [9.17, 15) is 9.59 Å². The van der Waals surface area contributed by atoms with Crippen molar-refractivity contribution in [3.05, 3.63) is 35.4 Å². The van der Waals surface area contributed by atoms with Gasteiger partial charge in [0.1, 0.15) is 6.61 Å². The Morgan fingerprint density at radius 1 is 1.00 bits per heavy atom. The Morgan fingerprint density at radius 3 is 2.22 bits per heavy atom. The van der Waals surface area contributed by atoms with Crippen LogP contribution in [0.5, 0.6) is 0 Å². The second-order valence-corrected chi connectivity index (χ2v) is 5.64. The van der Waals surface area contributed by atoms with Crippen molar-refractivity contribution < 1.29 is 33.9 Å². The Kier molecular flexibility index (Phi) is 7.50. The van der Waals surface area contributed by atoms with E-state index < -0.39 is 12.1 Å². The van der Waals surface area contributed by atoms with Gasteiger partial charge in [-0.25, -0.2) is 14.5 Å². The summed E-state index contributed by atoms with van der Waals surface area (Å²) >= 11 is 0. The van der Waals surface area contributed by atoms with Crippen LogP contribution >= 0.6 is 0 Å². The average Bonchev–Trinajstić information content (AvgIpc) is 2.51. The fraction of sp³-hybridized carbons (Fsp3) is 0.500. The quantitative estimate of drug-likeness (QED) is 0.329. The third-order valence-corrected chi connectivity index (χ3v) is 2.85. The summed E-state index contributed by atoms with van der Waals surface area (Å²) in [5.41, 5.74) is 1.32. The summed E-state index contributed by atoms with van der Waals surface area (Å²) in [6, 6.07) is 6.85. The van der Waals surface area contributed by atoms with Crippen LogP contribution in [0.4, 0.5) is 4.79 Å². The van der Waals surface area contributed by atoms with Crippen molar-refractivity contribution in [1.82, 2.24) is 0 Å². The summed E-state index contributed by atoms with van der Waals surface area (Å²) in [7, 11) is 0. The van der Waals surface area contributed by atoms with Gasteiger partial charge in [-0.1, -0.05) is 32.9 Å². The van der Waals surface area contributed by atoms with E-state index >= 15 is 0 Å². The number of rotatable bonds is 7. The number of carbonyl (C=O) groups is 2. The normalized spacial score (nSPS) is 11.0. The van der Waals surface area contributed by atoms with Crippen molar-refractivity contribution in [2.75, 3.05) is 19.8 Å². The fourth-order valence-corrected chi connectivity index (χ4v) is 1.58. The van der Waals surface area contributed by atoms with Gasteiger partial charge in [0.2, 0.25) is 0 Å². The molecule has 1 aromatic carbocycles. The molecule has 1 rings (SSSR count). The van der Waals surface area contributed by atoms with Crippen LogP contribution in [0.25, 0.3) is 0 Å². The summed E-state index contributed by atoms with van der Waals surface area (Å²) < 4.78 is 9.54. The predicted molar refractivity (Wildman–Crippen MR) is 80.6 cm³/mol. The number of carbonyl (C=O) groups excluding carboxylic acids is 2. The molecule has 0 aliphatic carbocycles. The van der Waals surface area contributed by atoms with Crippen LogP contribution in [0.15, 0.2) is 24.3 Å². The van der Waals surface area contributed by atoms with Crippen LogP contribution in [0.3, 0.4) is 0 Å². The highest BCUT2D eigenvalue weighted by Crippen LogP contribution is 2.22. The molecule has 7 heteroatoms. The Morgan fingerprint density at radius 2 is 1.65 bits per heavy atom. The van der Waals surface area contributed by atoms with Gasteiger partial charge >= 0.3 is 12.1 Å². The first-order valence-electron chi connectivity index (χ1n) is 7.25. The van der Waals surface area contributed by atoms with Gasteiger partial charge in [-0.15, -0.1) is 0 Å². The topological polar surface area (TPSA) is 80.3 Å². The molecule has 128 valence electrons. The first-order chi connectivity index (χ1) is 10.8. The molecule has 0 N–H and O–H groups in total. The van der Waals surface area contributed by atoms with E-state index in [0.29, 0.717) is 6.61 Å². The lowest BCUT2D eigenvalue weighted by Gasteiger charge is -2.18. The third-order valence-electron chi connectivity index (χ3n) is 2.85. The van der Waals surface area contributed by atoms with Gasteiger partial charge in [-0.3, -0.25) is 4.89 Å². The molecule has 0 spiro atoms. The van der Waals surface area contributed by atoms with Gasteiger partial charge in [0.05, 0.1) is 17.2 Å². The molecule has 0 amide bonds. The lowest BCUT2D eigenvalue weighted by Crippen LogP contribution is -2.15. The van der Waals surface area contributed by atoms with E-state index in [1.54, 1.807) is 12.1 Å². The molecule has 1 aromatic rings. The van der Waals surface area contributed by atoms with Crippen LogP contribution in [0, 0.1) is 0 Å². The maximum atomic E-state index is 11.7. The standard InChI is InChI=1S/C16H22O7/c1-5-19-10-11-20-15(18)22-23-21-14(17)12-6-8-13(9-7-12)16(2,3)4/h6-9H,5,10-11H2,1-4H3. The lowest BCUT2D eigenvalue weighted by molar-refractivity contribution is -0.452. The summed E-state index contributed by atoms with van der Waals surface area (Å²) in [6.07, 6.45) is -1.12. The number of ether oxygens (including phenoxy) is 2. The van der Waals surface area contributed by atoms with Gasteiger partial charge < -0.3 is 9.47 Å². The molecule has 0 heterocycles. The van der Waals surface area contributed by atoms with Crippen LogP contribution in [-0.4, -0.2) is 31.9 Å². The lowest BCUT2D eigenvalue weighted by atomic mass is 9.87. The van der Waals surface area contributed by atoms with E-state index in [-0.39, 0.29) is 24.2 Å². The highest BCUT2D eigenvalue weighted by atomic mass is 17.5.